The number of carbonyl (C=O) groups is 1. The van der Waals surface area contributed by atoms with Crippen molar-refractivity contribution in [1.82, 2.24) is 10.2 Å². The molecule has 0 aliphatic carbocycles. The van der Waals surface area contributed by atoms with Gasteiger partial charge in [0.1, 0.15) is 0 Å². The average molecular weight is 114 g/mol. The number of nitrogens with one attached hydrogen (secondary N) is 1. The van der Waals surface area contributed by atoms with Crippen LogP contribution in [0.2, 0.25) is 0 Å². The molecular formula is C5H10N2O. The fourth-order valence-corrected chi connectivity index (χ4v) is 0.683. The third-order valence-electron chi connectivity index (χ3n) is 1.27. The maximum absolute atomic E-state index is 10.5. The maximum Gasteiger partial charge on any atom is 0.222 e. The van der Waals surface area contributed by atoms with Crippen molar-refractivity contribution >= 4 is 5.91 Å². The van der Waals surface area contributed by atoms with Crippen molar-refractivity contribution in [2.75, 3.05) is 20.3 Å². The van der Waals surface area contributed by atoms with E-state index in [1.54, 1.807) is 0 Å². The number of nitrogens with zero attached hydrogens (tertiary/aromatic N) is 1. The SMILES string of the molecule is CN1CCC(=O)NC1. The van der Waals surface area contributed by atoms with E-state index in [4.69, 9.17) is 0 Å². The van der Waals surface area contributed by atoms with Crippen LogP contribution in [0.4, 0.5) is 0 Å². The largest absolute Gasteiger partial charge is 0.343 e. The fraction of sp³-hybridized carbons (Fsp3) is 0.800. The molecule has 1 fully saturated rings. The van der Waals surface area contributed by atoms with Crippen LogP contribution in [0.1, 0.15) is 6.42 Å². The molecule has 0 aromatic heterocycles. The molecule has 0 aromatic rings. The van der Waals surface area contributed by atoms with Crippen LogP contribution in [0, 0.1) is 0 Å². The van der Waals surface area contributed by atoms with Gasteiger partial charge in [-0.1, -0.05) is 0 Å². The molecular weight excluding hydrogens is 104 g/mol. The van der Waals surface area contributed by atoms with Crippen molar-refractivity contribution in [3.8, 4) is 0 Å². The van der Waals surface area contributed by atoms with Crippen molar-refractivity contribution in [3.05, 3.63) is 0 Å². The van der Waals surface area contributed by atoms with E-state index in [1.165, 1.54) is 0 Å². The quantitative estimate of drug-likeness (QED) is 0.456. The Bertz CT molecular complexity index is 92.6. The first kappa shape index (κ1) is 5.56. The van der Waals surface area contributed by atoms with E-state index >= 15 is 0 Å². The summed E-state index contributed by atoms with van der Waals surface area (Å²) in [6.45, 7) is 1.60. The summed E-state index contributed by atoms with van der Waals surface area (Å²) in [5.41, 5.74) is 0. The number of carbonyl (C=O) groups excluding carboxylic acids is 1. The summed E-state index contributed by atoms with van der Waals surface area (Å²) in [6.07, 6.45) is 0.649. The average Bonchev–Trinajstić information content (AvgIpc) is 1.77. The highest BCUT2D eigenvalue weighted by Crippen LogP contribution is 1.91. The van der Waals surface area contributed by atoms with Crippen molar-refractivity contribution < 1.29 is 4.79 Å². The Morgan fingerprint density at radius 3 is 2.88 bits per heavy atom. The van der Waals surface area contributed by atoms with Gasteiger partial charge < -0.3 is 5.32 Å². The highest BCUT2D eigenvalue weighted by molar-refractivity contribution is 5.76. The predicted octanol–water partition coefficient (Wildman–Crippen LogP) is -0.604. The number of amides is 1. The van der Waals surface area contributed by atoms with Crippen molar-refractivity contribution in [3.63, 3.8) is 0 Å². The standard InChI is InChI=1S/C5H10N2O/c1-7-3-2-5(8)6-4-7/h2-4H2,1H3,(H,6,8). The van der Waals surface area contributed by atoms with Gasteiger partial charge in [0.2, 0.25) is 5.91 Å². The van der Waals surface area contributed by atoms with Gasteiger partial charge in [0.15, 0.2) is 0 Å². The van der Waals surface area contributed by atoms with E-state index in [2.05, 4.69) is 10.2 Å². The van der Waals surface area contributed by atoms with Crippen LogP contribution >= 0.6 is 0 Å². The summed E-state index contributed by atoms with van der Waals surface area (Å²) in [5.74, 6) is 0.170. The molecule has 1 heterocycles. The van der Waals surface area contributed by atoms with E-state index in [1.807, 2.05) is 7.05 Å². The Balaban J connectivity index is 2.29. The Hall–Kier alpha value is -0.570. The minimum Gasteiger partial charge on any atom is -0.343 e. The van der Waals surface area contributed by atoms with E-state index < -0.39 is 0 Å². The van der Waals surface area contributed by atoms with Crippen LogP contribution in [0.15, 0.2) is 0 Å². The van der Waals surface area contributed by atoms with Crippen molar-refractivity contribution in [2.24, 2.45) is 0 Å². The first-order valence-electron chi connectivity index (χ1n) is 2.74. The van der Waals surface area contributed by atoms with Crippen LogP contribution in [0.5, 0.6) is 0 Å². The van der Waals surface area contributed by atoms with E-state index in [9.17, 15) is 4.79 Å². The second-order valence-corrected chi connectivity index (χ2v) is 2.09. The second kappa shape index (κ2) is 2.13. The van der Waals surface area contributed by atoms with Gasteiger partial charge in [-0.3, -0.25) is 9.69 Å². The van der Waals surface area contributed by atoms with Crippen LogP contribution in [-0.4, -0.2) is 31.1 Å². The van der Waals surface area contributed by atoms with Gasteiger partial charge in [-0.25, -0.2) is 0 Å². The van der Waals surface area contributed by atoms with Gasteiger partial charge in [0.25, 0.3) is 0 Å². The molecule has 0 unspecified atom stereocenters. The molecule has 1 aliphatic rings. The lowest BCUT2D eigenvalue weighted by atomic mass is 10.3. The van der Waals surface area contributed by atoms with E-state index in [-0.39, 0.29) is 5.91 Å². The summed E-state index contributed by atoms with van der Waals surface area (Å²) in [7, 11) is 1.99. The molecule has 0 aromatic carbocycles. The molecule has 46 valence electrons. The fourth-order valence-electron chi connectivity index (χ4n) is 0.683. The smallest absolute Gasteiger partial charge is 0.222 e. The van der Waals surface area contributed by atoms with E-state index in [0.717, 1.165) is 6.54 Å². The van der Waals surface area contributed by atoms with Gasteiger partial charge in [-0.2, -0.15) is 0 Å². The third kappa shape index (κ3) is 1.20. The molecule has 1 saturated heterocycles. The molecule has 0 atom stereocenters. The lowest BCUT2D eigenvalue weighted by Gasteiger charge is -2.21. The van der Waals surface area contributed by atoms with Gasteiger partial charge in [-0.05, 0) is 7.05 Å². The minimum atomic E-state index is 0.170. The van der Waals surface area contributed by atoms with Crippen LogP contribution < -0.4 is 5.32 Å². The molecule has 0 spiro atoms. The number of rotatable bonds is 0. The van der Waals surface area contributed by atoms with E-state index in [0.29, 0.717) is 13.1 Å². The topological polar surface area (TPSA) is 32.3 Å². The lowest BCUT2D eigenvalue weighted by Crippen LogP contribution is -2.42. The van der Waals surface area contributed by atoms with Crippen LogP contribution in [-0.2, 0) is 4.79 Å². The lowest BCUT2D eigenvalue weighted by molar-refractivity contribution is -0.123. The van der Waals surface area contributed by atoms with Crippen LogP contribution in [0.25, 0.3) is 0 Å². The molecule has 1 rings (SSSR count). The van der Waals surface area contributed by atoms with Crippen molar-refractivity contribution in [2.45, 2.75) is 6.42 Å². The summed E-state index contributed by atoms with van der Waals surface area (Å²) in [4.78, 5) is 12.5. The molecule has 1 N–H and O–H groups in total. The molecule has 0 saturated carbocycles. The zero-order chi connectivity index (χ0) is 5.98. The van der Waals surface area contributed by atoms with Gasteiger partial charge in [-0.15, -0.1) is 0 Å². The number of hydrogen-bond acceptors (Lipinski definition) is 2. The van der Waals surface area contributed by atoms with Gasteiger partial charge >= 0.3 is 0 Å². The molecule has 1 amide bonds. The van der Waals surface area contributed by atoms with Crippen LogP contribution in [0.3, 0.4) is 0 Å². The molecule has 0 bridgehead atoms. The highest BCUT2D eigenvalue weighted by Gasteiger charge is 2.09. The normalized spacial score (nSPS) is 22.9. The zero-order valence-corrected chi connectivity index (χ0v) is 4.98. The zero-order valence-electron chi connectivity index (χ0n) is 4.98. The van der Waals surface area contributed by atoms with Crippen molar-refractivity contribution in [1.29, 1.82) is 0 Å². The molecule has 8 heavy (non-hydrogen) atoms. The Morgan fingerprint density at radius 1 is 1.75 bits per heavy atom. The Morgan fingerprint density at radius 2 is 2.50 bits per heavy atom. The monoisotopic (exact) mass is 114 g/mol. The summed E-state index contributed by atoms with van der Waals surface area (Å²) >= 11 is 0. The Kier molecular flexibility index (Phi) is 1.48. The molecule has 0 radical (unpaired) electrons. The molecule has 3 heteroatoms. The second-order valence-electron chi connectivity index (χ2n) is 2.09. The van der Waals surface area contributed by atoms with Gasteiger partial charge in [0.05, 0.1) is 6.67 Å². The highest BCUT2D eigenvalue weighted by atomic mass is 16.1. The maximum atomic E-state index is 10.5. The first-order valence-corrected chi connectivity index (χ1v) is 2.74. The summed E-state index contributed by atoms with van der Waals surface area (Å²) in [5, 5.41) is 2.72. The summed E-state index contributed by atoms with van der Waals surface area (Å²) in [6, 6.07) is 0. The third-order valence-corrected chi connectivity index (χ3v) is 1.27. The van der Waals surface area contributed by atoms with Gasteiger partial charge in [0, 0.05) is 13.0 Å². The Labute approximate surface area is 48.7 Å². The predicted molar refractivity (Wildman–Crippen MR) is 30.3 cm³/mol. The number of hydrogen-bond donors (Lipinski definition) is 1. The summed E-state index contributed by atoms with van der Waals surface area (Å²) < 4.78 is 0. The first-order chi connectivity index (χ1) is 3.79. The molecule has 1 aliphatic heterocycles. The molecule has 3 nitrogen and oxygen atoms in total. The minimum absolute atomic E-state index is 0.170.